The van der Waals surface area contributed by atoms with Gasteiger partial charge in [-0.2, -0.15) is 0 Å². The summed E-state index contributed by atoms with van der Waals surface area (Å²) in [6.07, 6.45) is 0.916. The molecule has 0 fully saturated rings. The van der Waals surface area contributed by atoms with Crippen LogP contribution in [0.3, 0.4) is 0 Å². The van der Waals surface area contributed by atoms with Crippen molar-refractivity contribution in [2.45, 2.75) is 26.0 Å². The van der Waals surface area contributed by atoms with Crippen LogP contribution in [0.2, 0.25) is 0 Å². The van der Waals surface area contributed by atoms with Crippen molar-refractivity contribution < 1.29 is 9.53 Å². The van der Waals surface area contributed by atoms with Gasteiger partial charge in [-0.1, -0.05) is 0 Å². The number of nitrogens with one attached hydrogen (secondary N) is 1. The molecule has 1 atom stereocenters. The maximum atomic E-state index is 11.8. The fraction of sp³-hybridized carbons (Fsp3) is 0.545. The Morgan fingerprint density at radius 3 is 3.25 bits per heavy atom. The molecule has 0 aliphatic carbocycles. The molecule has 0 unspecified atom stereocenters. The van der Waals surface area contributed by atoms with Gasteiger partial charge in [-0.3, -0.25) is 4.79 Å². The Labute approximate surface area is 98.8 Å². The van der Waals surface area contributed by atoms with Gasteiger partial charge in [-0.15, -0.1) is 11.3 Å². The molecule has 0 spiro atoms. The van der Waals surface area contributed by atoms with E-state index in [1.54, 1.807) is 11.3 Å². The van der Waals surface area contributed by atoms with E-state index in [1.165, 1.54) is 4.88 Å². The van der Waals surface area contributed by atoms with Crippen LogP contribution in [-0.4, -0.2) is 25.1 Å². The average Bonchev–Trinajstić information content (AvgIpc) is 2.72. The summed E-state index contributed by atoms with van der Waals surface area (Å²) >= 11 is 1.56. The SMILES string of the molecule is C[C@@H](CN)NC(=O)c1cc2c(s1)CCOC2. The van der Waals surface area contributed by atoms with E-state index < -0.39 is 0 Å². The van der Waals surface area contributed by atoms with Crippen LogP contribution >= 0.6 is 11.3 Å². The second-order valence-electron chi connectivity index (χ2n) is 3.97. The van der Waals surface area contributed by atoms with E-state index >= 15 is 0 Å². The van der Waals surface area contributed by atoms with Crippen LogP contribution in [0, 0.1) is 0 Å². The Balaban J connectivity index is 2.09. The number of carbonyl (C=O) groups is 1. The molecular weight excluding hydrogens is 224 g/mol. The lowest BCUT2D eigenvalue weighted by atomic mass is 10.2. The van der Waals surface area contributed by atoms with Crippen molar-refractivity contribution >= 4 is 17.2 Å². The van der Waals surface area contributed by atoms with E-state index in [0.29, 0.717) is 13.2 Å². The molecule has 1 aliphatic rings. The van der Waals surface area contributed by atoms with E-state index in [9.17, 15) is 4.79 Å². The molecule has 0 radical (unpaired) electrons. The number of hydrogen-bond donors (Lipinski definition) is 2. The molecule has 4 nitrogen and oxygen atoms in total. The van der Waals surface area contributed by atoms with Gasteiger partial charge in [-0.05, 0) is 18.6 Å². The summed E-state index contributed by atoms with van der Waals surface area (Å²) in [4.78, 5) is 13.9. The highest BCUT2D eigenvalue weighted by Gasteiger charge is 2.18. The predicted molar refractivity (Wildman–Crippen MR) is 63.7 cm³/mol. The van der Waals surface area contributed by atoms with Gasteiger partial charge >= 0.3 is 0 Å². The standard InChI is InChI=1S/C11H16N2O2S/c1-7(5-12)13-11(14)10-4-8-6-15-3-2-9(8)16-10/h4,7H,2-3,5-6,12H2,1H3,(H,13,14)/t7-/m0/s1. The van der Waals surface area contributed by atoms with E-state index in [1.807, 2.05) is 13.0 Å². The molecule has 2 rings (SSSR count). The minimum Gasteiger partial charge on any atom is -0.376 e. The molecule has 2 heterocycles. The normalized spacial score (nSPS) is 16.6. The number of ether oxygens (including phenoxy) is 1. The van der Waals surface area contributed by atoms with Crippen LogP contribution in [0.15, 0.2) is 6.07 Å². The van der Waals surface area contributed by atoms with Gasteiger partial charge in [0.25, 0.3) is 5.91 Å². The minimum atomic E-state index is -0.0302. The molecular formula is C11H16N2O2S. The number of hydrogen-bond acceptors (Lipinski definition) is 4. The highest BCUT2D eigenvalue weighted by Crippen LogP contribution is 2.26. The highest BCUT2D eigenvalue weighted by molar-refractivity contribution is 7.14. The predicted octanol–water partition coefficient (Wildman–Crippen LogP) is 0.898. The molecule has 0 bridgehead atoms. The van der Waals surface area contributed by atoms with Crippen LogP contribution in [-0.2, 0) is 17.8 Å². The second kappa shape index (κ2) is 4.95. The second-order valence-corrected chi connectivity index (χ2v) is 5.11. The molecule has 16 heavy (non-hydrogen) atoms. The summed E-state index contributed by atoms with van der Waals surface area (Å²) in [5, 5.41) is 2.86. The van der Waals surface area contributed by atoms with E-state index in [4.69, 9.17) is 10.5 Å². The van der Waals surface area contributed by atoms with E-state index in [2.05, 4.69) is 5.32 Å². The lowest BCUT2D eigenvalue weighted by Crippen LogP contribution is -2.37. The number of nitrogens with two attached hydrogens (primary N) is 1. The Hall–Kier alpha value is -0.910. The lowest BCUT2D eigenvalue weighted by Gasteiger charge is -2.10. The summed E-state index contributed by atoms with van der Waals surface area (Å²) in [5.74, 6) is -0.0302. The Morgan fingerprint density at radius 1 is 1.75 bits per heavy atom. The Kier molecular flexibility index (Phi) is 3.58. The zero-order valence-corrected chi connectivity index (χ0v) is 10.1. The van der Waals surface area contributed by atoms with Gasteiger partial charge < -0.3 is 15.8 Å². The maximum absolute atomic E-state index is 11.8. The first-order valence-electron chi connectivity index (χ1n) is 5.41. The smallest absolute Gasteiger partial charge is 0.261 e. The molecule has 0 aromatic carbocycles. The van der Waals surface area contributed by atoms with Gasteiger partial charge in [0.05, 0.1) is 18.1 Å². The van der Waals surface area contributed by atoms with E-state index in [-0.39, 0.29) is 11.9 Å². The largest absolute Gasteiger partial charge is 0.376 e. The van der Waals surface area contributed by atoms with Gasteiger partial charge in [0.1, 0.15) is 0 Å². The lowest BCUT2D eigenvalue weighted by molar-refractivity contribution is 0.0945. The number of thiophene rings is 1. The first-order valence-corrected chi connectivity index (χ1v) is 6.22. The fourth-order valence-corrected chi connectivity index (χ4v) is 2.67. The molecule has 1 aromatic heterocycles. The van der Waals surface area contributed by atoms with Crippen LogP contribution in [0.4, 0.5) is 0 Å². The number of carbonyl (C=O) groups excluding carboxylic acids is 1. The van der Waals surface area contributed by atoms with Crippen molar-refractivity contribution in [3.63, 3.8) is 0 Å². The van der Waals surface area contributed by atoms with Crippen molar-refractivity contribution in [2.24, 2.45) is 5.73 Å². The average molecular weight is 240 g/mol. The van der Waals surface area contributed by atoms with Gasteiger partial charge in [0.15, 0.2) is 0 Å². The summed E-state index contributed by atoms with van der Waals surface area (Å²) in [7, 11) is 0. The van der Waals surface area contributed by atoms with Crippen molar-refractivity contribution in [1.29, 1.82) is 0 Å². The Morgan fingerprint density at radius 2 is 2.56 bits per heavy atom. The van der Waals surface area contributed by atoms with Crippen molar-refractivity contribution in [3.05, 3.63) is 21.4 Å². The molecule has 1 aliphatic heterocycles. The van der Waals surface area contributed by atoms with Crippen LogP contribution in [0.5, 0.6) is 0 Å². The van der Waals surface area contributed by atoms with Gasteiger partial charge in [-0.25, -0.2) is 0 Å². The van der Waals surface area contributed by atoms with Crippen LogP contribution < -0.4 is 11.1 Å². The molecule has 1 amide bonds. The summed E-state index contributed by atoms with van der Waals surface area (Å²) in [6, 6.07) is 1.94. The maximum Gasteiger partial charge on any atom is 0.261 e. The Bertz CT molecular complexity index is 366. The topological polar surface area (TPSA) is 64.3 Å². The minimum absolute atomic E-state index is 0.0166. The third-order valence-electron chi connectivity index (χ3n) is 2.58. The first kappa shape index (κ1) is 11.6. The molecule has 88 valence electrons. The van der Waals surface area contributed by atoms with Crippen molar-refractivity contribution in [3.8, 4) is 0 Å². The summed E-state index contributed by atoms with van der Waals surface area (Å²) in [5.41, 5.74) is 6.62. The summed E-state index contributed by atoms with van der Waals surface area (Å²) in [6.45, 7) is 3.74. The first-order chi connectivity index (χ1) is 7.70. The quantitative estimate of drug-likeness (QED) is 0.825. The van der Waals surface area contributed by atoms with Crippen LogP contribution in [0.1, 0.15) is 27.0 Å². The van der Waals surface area contributed by atoms with Gasteiger partial charge in [0.2, 0.25) is 0 Å². The third kappa shape index (κ3) is 2.42. The molecule has 5 heteroatoms. The number of rotatable bonds is 3. The third-order valence-corrected chi connectivity index (χ3v) is 3.82. The zero-order chi connectivity index (χ0) is 11.5. The number of amides is 1. The fourth-order valence-electron chi connectivity index (χ4n) is 1.61. The summed E-state index contributed by atoms with van der Waals surface area (Å²) < 4.78 is 5.35. The zero-order valence-electron chi connectivity index (χ0n) is 9.29. The van der Waals surface area contributed by atoms with Crippen molar-refractivity contribution in [1.82, 2.24) is 5.32 Å². The van der Waals surface area contributed by atoms with Crippen LogP contribution in [0.25, 0.3) is 0 Å². The molecule has 1 aromatic rings. The molecule has 0 saturated heterocycles. The van der Waals surface area contributed by atoms with E-state index in [0.717, 1.165) is 23.5 Å². The number of fused-ring (bicyclic) bond motifs is 1. The molecule has 3 N–H and O–H groups in total. The highest BCUT2D eigenvalue weighted by atomic mass is 32.1. The monoisotopic (exact) mass is 240 g/mol. The van der Waals surface area contributed by atoms with Gasteiger partial charge in [0, 0.05) is 23.9 Å². The molecule has 0 saturated carbocycles. The van der Waals surface area contributed by atoms with Crippen molar-refractivity contribution in [2.75, 3.05) is 13.2 Å².